The molecular weight excluding hydrogens is 913 g/mol. The lowest BCUT2D eigenvalue weighted by atomic mass is 10.0. The van der Waals surface area contributed by atoms with Gasteiger partial charge in [0.25, 0.3) is 0 Å². The fourth-order valence-electron chi connectivity index (χ4n) is 8.20. The van der Waals surface area contributed by atoms with Crippen molar-refractivity contribution in [3.05, 3.63) is 122 Å². The predicted octanol–water partition coefficient (Wildman–Crippen LogP) is 20.8. The van der Waals surface area contributed by atoms with Crippen LogP contribution < -0.4 is 0 Å². The largest absolute Gasteiger partial charge is 0.462 e. The van der Waals surface area contributed by atoms with Crippen LogP contribution in [0.5, 0.6) is 0 Å². The van der Waals surface area contributed by atoms with Gasteiger partial charge in [-0.2, -0.15) is 0 Å². The molecule has 1 atom stereocenters. The molecule has 0 amide bonds. The minimum absolute atomic E-state index is 0.103. The Bertz CT molecular complexity index is 1550. The zero-order valence-electron chi connectivity index (χ0n) is 48.1. The van der Waals surface area contributed by atoms with Crippen LogP contribution in [0.2, 0.25) is 0 Å². The summed E-state index contributed by atoms with van der Waals surface area (Å²) in [5.41, 5.74) is 0. The molecule has 0 aliphatic carbocycles. The van der Waals surface area contributed by atoms with E-state index in [0.717, 1.165) is 135 Å². The van der Waals surface area contributed by atoms with E-state index in [2.05, 4.69) is 142 Å². The highest BCUT2D eigenvalue weighted by molar-refractivity contribution is 5.71. The summed E-state index contributed by atoms with van der Waals surface area (Å²) in [4.78, 5) is 38.3. The van der Waals surface area contributed by atoms with Crippen LogP contribution in [-0.4, -0.2) is 37.2 Å². The van der Waals surface area contributed by atoms with Gasteiger partial charge < -0.3 is 14.2 Å². The Labute approximate surface area is 456 Å². The Morgan fingerprint density at radius 2 is 0.527 bits per heavy atom. The fourth-order valence-corrected chi connectivity index (χ4v) is 8.20. The summed E-state index contributed by atoms with van der Waals surface area (Å²) in [6.07, 6.45) is 84.8. The quantitative estimate of drug-likeness (QED) is 0.0261. The normalized spacial score (nSPS) is 13.0. The average Bonchev–Trinajstić information content (AvgIpc) is 3.40. The van der Waals surface area contributed by atoms with Crippen LogP contribution in [0, 0.1) is 0 Å². The summed E-state index contributed by atoms with van der Waals surface area (Å²) in [6, 6.07) is 0. The number of unbranched alkanes of at least 4 members (excludes halogenated alkanes) is 23. The van der Waals surface area contributed by atoms with Gasteiger partial charge in [0.1, 0.15) is 13.2 Å². The van der Waals surface area contributed by atoms with Crippen molar-refractivity contribution in [1.29, 1.82) is 0 Å². The number of carbonyl (C=O) groups is 3. The third kappa shape index (κ3) is 58.7. The SMILES string of the molecule is CC/C=C\C/C=C\C/C=C\C/C=C\C/C=C\CCCCCC(=O)OCC(COC(=O)CCCCCCCCCCCCCCCCCCCC)OC(=O)CCCCC/C=C\C/C=C\C/C=C\C/C=C\C/C=C\CC. The van der Waals surface area contributed by atoms with E-state index < -0.39 is 6.10 Å². The predicted molar refractivity (Wildman–Crippen MR) is 320 cm³/mol. The summed E-state index contributed by atoms with van der Waals surface area (Å²) < 4.78 is 16.9. The summed E-state index contributed by atoms with van der Waals surface area (Å²) in [7, 11) is 0. The number of hydrogen-bond acceptors (Lipinski definition) is 6. The van der Waals surface area contributed by atoms with Gasteiger partial charge >= 0.3 is 17.9 Å². The first-order valence-corrected chi connectivity index (χ1v) is 30.5. The lowest BCUT2D eigenvalue weighted by molar-refractivity contribution is -0.167. The molecule has 0 aromatic carbocycles. The standard InChI is InChI=1S/C68H112O6/c1-4-7-10-13-16-19-22-25-28-31-34-37-40-43-46-49-52-55-58-61-67(70)73-64-65(63-72-66(69)60-57-54-51-48-45-42-39-36-33-30-27-24-21-18-15-12-9-6-3)74-68(71)62-59-56-53-50-47-44-41-38-35-32-29-26-23-20-17-14-11-8-5-2/h7-8,10-11,16-17,19-20,25-26,28-29,34-35,37-38,43-44,46-47,65H,4-6,9,12-15,18,21-24,27,30-33,36,39-42,45,48-64H2,1-3H3/b10-7-,11-8-,19-16-,20-17-,28-25-,29-26-,37-34-,38-35-,46-43-,47-44-. The topological polar surface area (TPSA) is 78.9 Å². The van der Waals surface area contributed by atoms with Crippen molar-refractivity contribution in [2.45, 2.75) is 277 Å². The zero-order valence-corrected chi connectivity index (χ0v) is 48.1. The number of rotatable bonds is 54. The first kappa shape index (κ1) is 69.8. The smallest absolute Gasteiger partial charge is 0.306 e. The highest BCUT2D eigenvalue weighted by Gasteiger charge is 2.19. The van der Waals surface area contributed by atoms with Gasteiger partial charge in [0, 0.05) is 19.3 Å². The molecular formula is C68H112O6. The molecule has 0 rings (SSSR count). The molecule has 6 nitrogen and oxygen atoms in total. The van der Waals surface area contributed by atoms with Gasteiger partial charge in [-0.25, -0.2) is 0 Å². The van der Waals surface area contributed by atoms with Gasteiger partial charge in [0.05, 0.1) is 0 Å². The van der Waals surface area contributed by atoms with Crippen molar-refractivity contribution < 1.29 is 28.6 Å². The number of carbonyl (C=O) groups excluding carboxylic acids is 3. The van der Waals surface area contributed by atoms with Crippen LogP contribution in [0.15, 0.2) is 122 Å². The minimum Gasteiger partial charge on any atom is -0.462 e. The van der Waals surface area contributed by atoms with E-state index in [1.54, 1.807) is 0 Å². The van der Waals surface area contributed by atoms with Crippen LogP contribution in [-0.2, 0) is 28.6 Å². The van der Waals surface area contributed by atoms with Gasteiger partial charge in [-0.3, -0.25) is 14.4 Å². The summed E-state index contributed by atoms with van der Waals surface area (Å²) in [6.45, 7) is 6.37. The number of hydrogen-bond donors (Lipinski definition) is 0. The first-order chi connectivity index (χ1) is 36.5. The van der Waals surface area contributed by atoms with E-state index in [1.807, 2.05) is 0 Å². The second kappa shape index (κ2) is 61.4. The molecule has 0 bridgehead atoms. The van der Waals surface area contributed by atoms with Crippen molar-refractivity contribution in [1.82, 2.24) is 0 Å². The van der Waals surface area contributed by atoms with E-state index in [1.165, 1.54) is 96.3 Å². The molecule has 0 saturated heterocycles. The summed E-state index contributed by atoms with van der Waals surface area (Å²) >= 11 is 0. The Morgan fingerprint density at radius 1 is 0.284 bits per heavy atom. The Balaban J connectivity index is 4.51. The number of esters is 3. The van der Waals surface area contributed by atoms with Crippen molar-refractivity contribution >= 4 is 17.9 Å². The van der Waals surface area contributed by atoms with Gasteiger partial charge in [-0.15, -0.1) is 0 Å². The lowest BCUT2D eigenvalue weighted by Gasteiger charge is -2.18. The molecule has 0 heterocycles. The van der Waals surface area contributed by atoms with Crippen molar-refractivity contribution in [3.63, 3.8) is 0 Å². The van der Waals surface area contributed by atoms with Gasteiger partial charge in [0.2, 0.25) is 0 Å². The zero-order chi connectivity index (χ0) is 53.6. The molecule has 1 unspecified atom stereocenters. The maximum absolute atomic E-state index is 12.9. The Hall–Kier alpha value is -4.19. The van der Waals surface area contributed by atoms with Crippen molar-refractivity contribution in [2.75, 3.05) is 13.2 Å². The molecule has 6 heteroatoms. The third-order valence-electron chi connectivity index (χ3n) is 12.7. The van der Waals surface area contributed by atoms with Crippen LogP contribution in [0.25, 0.3) is 0 Å². The summed E-state index contributed by atoms with van der Waals surface area (Å²) in [5, 5.41) is 0. The highest BCUT2D eigenvalue weighted by atomic mass is 16.6. The molecule has 0 aromatic rings. The van der Waals surface area contributed by atoms with Crippen LogP contribution >= 0.6 is 0 Å². The molecule has 74 heavy (non-hydrogen) atoms. The lowest BCUT2D eigenvalue weighted by Crippen LogP contribution is -2.30. The fraction of sp³-hybridized carbons (Fsp3) is 0.662. The van der Waals surface area contributed by atoms with Crippen molar-refractivity contribution in [2.24, 2.45) is 0 Å². The van der Waals surface area contributed by atoms with E-state index >= 15 is 0 Å². The molecule has 0 radical (unpaired) electrons. The number of allylic oxidation sites excluding steroid dienone is 20. The monoisotopic (exact) mass is 1020 g/mol. The molecule has 420 valence electrons. The Morgan fingerprint density at radius 3 is 0.824 bits per heavy atom. The minimum atomic E-state index is -0.813. The Kier molecular flexibility index (Phi) is 57.9. The van der Waals surface area contributed by atoms with Crippen LogP contribution in [0.3, 0.4) is 0 Å². The molecule has 0 N–H and O–H groups in total. The molecule has 0 spiro atoms. The second-order valence-electron chi connectivity index (χ2n) is 19.9. The van der Waals surface area contributed by atoms with Gasteiger partial charge in [-0.05, 0) is 109 Å². The molecule has 0 aromatic heterocycles. The van der Waals surface area contributed by atoms with E-state index in [4.69, 9.17) is 14.2 Å². The molecule has 0 aliphatic heterocycles. The molecule has 0 aliphatic rings. The van der Waals surface area contributed by atoms with Crippen molar-refractivity contribution in [3.8, 4) is 0 Å². The van der Waals surface area contributed by atoms with Gasteiger partial charge in [-0.1, -0.05) is 264 Å². The number of ether oxygens (including phenoxy) is 3. The molecule has 0 fully saturated rings. The molecule has 0 saturated carbocycles. The average molecular weight is 1030 g/mol. The second-order valence-corrected chi connectivity index (χ2v) is 19.9. The van der Waals surface area contributed by atoms with E-state index in [9.17, 15) is 14.4 Å². The van der Waals surface area contributed by atoms with Gasteiger partial charge in [0.15, 0.2) is 6.10 Å². The first-order valence-electron chi connectivity index (χ1n) is 30.5. The van der Waals surface area contributed by atoms with Crippen LogP contribution in [0.1, 0.15) is 271 Å². The van der Waals surface area contributed by atoms with E-state index in [-0.39, 0.29) is 37.5 Å². The maximum atomic E-state index is 12.9. The van der Waals surface area contributed by atoms with E-state index in [0.29, 0.717) is 12.8 Å². The third-order valence-corrected chi connectivity index (χ3v) is 12.7. The highest BCUT2D eigenvalue weighted by Crippen LogP contribution is 2.16. The maximum Gasteiger partial charge on any atom is 0.306 e. The van der Waals surface area contributed by atoms with Crippen LogP contribution in [0.4, 0.5) is 0 Å². The summed E-state index contributed by atoms with van der Waals surface area (Å²) in [5.74, 6) is -0.965.